The van der Waals surface area contributed by atoms with Gasteiger partial charge in [0.2, 0.25) is 0 Å². The van der Waals surface area contributed by atoms with Crippen molar-refractivity contribution in [3.05, 3.63) is 36.0 Å². The first-order chi connectivity index (χ1) is 8.70. The van der Waals surface area contributed by atoms with Gasteiger partial charge in [-0.1, -0.05) is 6.07 Å². The molecule has 0 amide bonds. The van der Waals surface area contributed by atoms with Gasteiger partial charge in [0.25, 0.3) is 0 Å². The number of aromatic nitrogens is 1. The first-order valence-electron chi connectivity index (χ1n) is 6.40. The molecule has 0 saturated carbocycles. The van der Waals surface area contributed by atoms with Crippen LogP contribution >= 0.6 is 0 Å². The zero-order valence-corrected chi connectivity index (χ0v) is 11.0. The van der Waals surface area contributed by atoms with Crippen molar-refractivity contribution in [1.82, 2.24) is 4.57 Å². The van der Waals surface area contributed by atoms with Crippen molar-refractivity contribution in [2.75, 3.05) is 6.61 Å². The van der Waals surface area contributed by atoms with Crippen LogP contribution in [0.2, 0.25) is 0 Å². The lowest BCUT2D eigenvalue weighted by Gasteiger charge is -2.03. The molecule has 0 aliphatic rings. The van der Waals surface area contributed by atoms with E-state index in [9.17, 15) is 4.79 Å². The van der Waals surface area contributed by atoms with Crippen LogP contribution < -0.4 is 0 Å². The van der Waals surface area contributed by atoms with Crippen molar-refractivity contribution in [3.8, 4) is 0 Å². The number of rotatable bonds is 5. The van der Waals surface area contributed by atoms with Crippen molar-refractivity contribution in [3.63, 3.8) is 0 Å². The molecule has 0 radical (unpaired) electrons. The van der Waals surface area contributed by atoms with Gasteiger partial charge in [0.15, 0.2) is 0 Å². The molecule has 1 aromatic carbocycles. The molecular formula is C15H19NO2. The Bertz CT molecular complexity index is 542. The van der Waals surface area contributed by atoms with Gasteiger partial charge in [0.1, 0.15) is 0 Å². The number of fused-ring (bicyclic) bond motifs is 1. The van der Waals surface area contributed by atoms with Crippen LogP contribution in [-0.4, -0.2) is 17.1 Å². The first kappa shape index (κ1) is 12.7. The topological polar surface area (TPSA) is 31.2 Å². The van der Waals surface area contributed by atoms with Gasteiger partial charge in [-0.15, -0.1) is 0 Å². The summed E-state index contributed by atoms with van der Waals surface area (Å²) < 4.78 is 7.02. The van der Waals surface area contributed by atoms with E-state index >= 15 is 0 Å². The van der Waals surface area contributed by atoms with Gasteiger partial charge in [-0.25, -0.2) is 0 Å². The van der Waals surface area contributed by atoms with E-state index < -0.39 is 0 Å². The summed E-state index contributed by atoms with van der Waals surface area (Å²) in [5.74, 6) is -0.0988. The normalized spacial score (nSPS) is 10.8. The van der Waals surface area contributed by atoms with Gasteiger partial charge in [-0.3, -0.25) is 4.79 Å². The van der Waals surface area contributed by atoms with Crippen LogP contribution in [-0.2, 0) is 23.0 Å². The average Bonchev–Trinajstić information content (AvgIpc) is 2.71. The van der Waals surface area contributed by atoms with Gasteiger partial charge in [0.05, 0.1) is 6.61 Å². The van der Waals surface area contributed by atoms with Gasteiger partial charge in [-0.2, -0.15) is 0 Å². The lowest BCUT2D eigenvalue weighted by molar-refractivity contribution is -0.143. The molecule has 3 heteroatoms. The Kier molecular flexibility index (Phi) is 4.03. The Morgan fingerprint density at radius 1 is 1.33 bits per heavy atom. The standard InChI is InChI=1S/C15H19NO2/c1-3-18-15(17)6-4-5-12-7-8-14-13(11-12)9-10-16(14)2/h7-11H,3-6H2,1-2H3. The number of esters is 1. The van der Waals surface area contributed by atoms with E-state index in [1.165, 1.54) is 16.5 Å². The zero-order chi connectivity index (χ0) is 13.0. The number of ether oxygens (including phenoxy) is 1. The first-order valence-corrected chi connectivity index (χ1v) is 6.40. The molecule has 0 spiro atoms. The van der Waals surface area contributed by atoms with Crippen LogP contribution in [0.15, 0.2) is 30.5 Å². The number of hydrogen-bond acceptors (Lipinski definition) is 2. The summed E-state index contributed by atoms with van der Waals surface area (Å²) in [7, 11) is 2.04. The number of hydrogen-bond donors (Lipinski definition) is 0. The summed E-state index contributed by atoms with van der Waals surface area (Å²) in [4.78, 5) is 11.2. The molecule has 2 rings (SSSR count). The van der Waals surface area contributed by atoms with Crippen LogP contribution in [0.25, 0.3) is 10.9 Å². The Labute approximate surface area is 107 Å². The van der Waals surface area contributed by atoms with E-state index in [4.69, 9.17) is 4.74 Å². The smallest absolute Gasteiger partial charge is 0.305 e. The quantitative estimate of drug-likeness (QED) is 0.758. The Hall–Kier alpha value is -1.77. The Morgan fingerprint density at radius 3 is 2.94 bits per heavy atom. The molecule has 0 unspecified atom stereocenters. The van der Waals surface area contributed by atoms with Gasteiger partial charge in [0, 0.05) is 25.2 Å². The molecule has 0 bridgehead atoms. The minimum Gasteiger partial charge on any atom is -0.466 e. The second kappa shape index (κ2) is 5.71. The molecule has 2 aromatic rings. The van der Waals surface area contributed by atoms with Crippen LogP contribution in [0.1, 0.15) is 25.3 Å². The molecule has 1 aromatic heterocycles. The molecule has 0 fully saturated rings. The van der Waals surface area contributed by atoms with E-state index in [1.807, 2.05) is 14.0 Å². The Morgan fingerprint density at radius 2 is 2.17 bits per heavy atom. The third-order valence-corrected chi connectivity index (χ3v) is 3.10. The highest BCUT2D eigenvalue weighted by Gasteiger charge is 2.03. The number of benzene rings is 1. The summed E-state index contributed by atoms with van der Waals surface area (Å²) in [6.07, 6.45) is 4.33. The summed E-state index contributed by atoms with van der Waals surface area (Å²) in [5, 5.41) is 1.26. The summed E-state index contributed by atoms with van der Waals surface area (Å²) in [5.41, 5.74) is 2.52. The maximum atomic E-state index is 11.2. The van der Waals surface area contributed by atoms with E-state index in [2.05, 4.69) is 35.0 Å². The number of aryl methyl sites for hydroxylation is 2. The van der Waals surface area contributed by atoms with E-state index in [0.29, 0.717) is 13.0 Å². The van der Waals surface area contributed by atoms with Crippen LogP contribution in [0.4, 0.5) is 0 Å². The van der Waals surface area contributed by atoms with Crippen molar-refractivity contribution < 1.29 is 9.53 Å². The predicted molar refractivity (Wildman–Crippen MR) is 72.5 cm³/mol. The fourth-order valence-electron chi connectivity index (χ4n) is 2.16. The van der Waals surface area contributed by atoms with Gasteiger partial charge in [-0.05, 0) is 48.9 Å². The molecule has 0 aliphatic heterocycles. The largest absolute Gasteiger partial charge is 0.466 e. The number of carbonyl (C=O) groups is 1. The second-order valence-corrected chi connectivity index (χ2v) is 4.48. The molecule has 96 valence electrons. The van der Waals surface area contributed by atoms with Crippen LogP contribution in [0.5, 0.6) is 0 Å². The predicted octanol–water partition coefficient (Wildman–Crippen LogP) is 3.06. The third kappa shape index (κ3) is 2.92. The molecule has 0 saturated heterocycles. The number of nitrogens with zero attached hydrogens (tertiary/aromatic N) is 1. The van der Waals surface area contributed by atoms with Crippen molar-refractivity contribution in [2.24, 2.45) is 7.05 Å². The van der Waals surface area contributed by atoms with Crippen LogP contribution in [0, 0.1) is 0 Å². The maximum Gasteiger partial charge on any atom is 0.305 e. The highest BCUT2D eigenvalue weighted by atomic mass is 16.5. The van der Waals surface area contributed by atoms with E-state index in [-0.39, 0.29) is 5.97 Å². The highest BCUT2D eigenvalue weighted by molar-refractivity contribution is 5.80. The summed E-state index contributed by atoms with van der Waals surface area (Å²) in [6.45, 7) is 2.30. The number of carbonyl (C=O) groups excluding carboxylic acids is 1. The SMILES string of the molecule is CCOC(=O)CCCc1ccc2c(ccn2C)c1. The molecule has 1 heterocycles. The molecule has 18 heavy (non-hydrogen) atoms. The molecular weight excluding hydrogens is 226 g/mol. The van der Waals surface area contributed by atoms with Crippen molar-refractivity contribution >= 4 is 16.9 Å². The molecule has 0 aliphatic carbocycles. The fraction of sp³-hybridized carbons (Fsp3) is 0.400. The maximum absolute atomic E-state index is 11.2. The summed E-state index contributed by atoms with van der Waals surface area (Å²) in [6, 6.07) is 8.58. The Balaban J connectivity index is 1.94. The van der Waals surface area contributed by atoms with Crippen LogP contribution in [0.3, 0.4) is 0 Å². The lowest BCUT2D eigenvalue weighted by Crippen LogP contribution is -2.03. The van der Waals surface area contributed by atoms with Crippen molar-refractivity contribution in [2.45, 2.75) is 26.2 Å². The minimum absolute atomic E-state index is 0.0988. The fourth-order valence-corrected chi connectivity index (χ4v) is 2.16. The summed E-state index contributed by atoms with van der Waals surface area (Å²) >= 11 is 0. The monoisotopic (exact) mass is 245 g/mol. The average molecular weight is 245 g/mol. The van der Waals surface area contributed by atoms with Gasteiger partial charge >= 0.3 is 5.97 Å². The second-order valence-electron chi connectivity index (χ2n) is 4.48. The molecule has 0 N–H and O–H groups in total. The van der Waals surface area contributed by atoms with Gasteiger partial charge < -0.3 is 9.30 Å². The zero-order valence-electron chi connectivity index (χ0n) is 11.0. The lowest BCUT2D eigenvalue weighted by atomic mass is 10.1. The third-order valence-electron chi connectivity index (χ3n) is 3.10. The highest BCUT2D eigenvalue weighted by Crippen LogP contribution is 2.17. The molecule has 0 atom stereocenters. The minimum atomic E-state index is -0.0988. The van der Waals surface area contributed by atoms with E-state index in [1.54, 1.807) is 0 Å². The molecule has 3 nitrogen and oxygen atoms in total. The van der Waals surface area contributed by atoms with E-state index in [0.717, 1.165) is 12.8 Å². The van der Waals surface area contributed by atoms with Crippen molar-refractivity contribution in [1.29, 1.82) is 0 Å².